The smallest absolute Gasteiger partial charge is 0.163 e. The molecule has 0 aliphatic heterocycles. The van der Waals surface area contributed by atoms with Crippen LogP contribution in [0, 0.1) is 25.1 Å². The topological polar surface area (TPSA) is 17.1 Å². The monoisotopic (exact) mass is 204 g/mol. The molecule has 0 fully saturated rings. The molecule has 0 aliphatic carbocycles. The highest BCUT2D eigenvalue weighted by Gasteiger charge is 2.08. The Morgan fingerprint density at radius 2 is 2.27 bits per heavy atom. The van der Waals surface area contributed by atoms with E-state index in [0.29, 0.717) is 30.4 Å². The second-order valence-electron chi connectivity index (χ2n) is 3.44. The van der Waals surface area contributed by atoms with Crippen LogP contribution >= 0.6 is 0 Å². The molecule has 1 nitrogen and oxygen atoms in total. The van der Waals surface area contributed by atoms with Gasteiger partial charge in [0.05, 0.1) is 0 Å². The average molecular weight is 204 g/mol. The minimum Gasteiger partial charge on any atom is -0.294 e. The predicted octanol–water partition coefficient (Wildman–Crippen LogP) is 3.12. The Morgan fingerprint density at radius 1 is 1.53 bits per heavy atom. The molecule has 0 saturated heterocycles. The number of ketones is 1. The minimum atomic E-state index is -0.312. The molecule has 0 saturated carbocycles. The van der Waals surface area contributed by atoms with Crippen LogP contribution in [-0.4, -0.2) is 5.78 Å². The van der Waals surface area contributed by atoms with Gasteiger partial charge in [0.25, 0.3) is 0 Å². The van der Waals surface area contributed by atoms with Gasteiger partial charge in [-0.1, -0.05) is 0 Å². The highest BCUT2D eigenvalue weighted by Crippen LogP contribution is 2.13. The van der Waals surface area contributed by atoms with Gasteiger partial charge in [0.1, 0.15) is 5.82 Å². The number of terminal acetylenes is 1. The first-order chi connectivity index (χ1) is 7.15. The fourth-order valence-corrected chi connectivity index (χ4v) is 1.43. The summed E-state index contributed by atoms with van der Waals surface area (Å²) in [7, 11) is 0. The molecule has 0 atom stereocenters. The lowest BCUT2D eigenvalue weighted by atomic mass is 10.0. The first-order valence-electron chi connectivity index (χ1n) is 4.88. The maximum absolute atomic E-state index is 12.8. The van der Waals surface area contributed by atoms with Crippen molar-refractivity contribution in [1.82, 2.24) is 0 Å². The maximum atomic E-state index is 12.8. The number of hydrogen-bond acceptors (Lipinski definition) is 1. The second-order valence-corrected chi connectivity index (χ2v) is 3.44. The van der Waals surface area contributed by atoms with Crippen LogP contribution in [0.1, 0.15) is 35.2 Å². The Kier molecular flexibility index (Phi) is 4.05. The van der Waals surface area contributed by atoms with Crippen molar-refractivity contribution in [3.8, 4) is 12.3 Å². The van der Waals surface area contributed by atoms with Crippen molar-refractivity contribution in [3.63, 3.8) is 0 Å². The normalized spacial score (nSPS) is 9.67. The van der Waals surface area contributed by atoms with E-state index in [4.69, 9.17) is 6.42 Å². The molecular formula is C13H13FO. The lowest BCUT2D eigenvalue weighted by Crippen LogP contribution is -2.01. The highest BCUT2D eigenvalue weighted by atomic mass is 19.1. The molecule has 0 aliphatic rings. The average Bonchev–Trinajstić information content (AvgIpc) is 2.17. The number of benzene rings is 1. The Bertz CT molecular complexity index is 401. The zero-order chi connectivity index (χ0) is 11.3. The number of unbranched alkanes of at least 4 members (excludes halogenated alkanes) is 1. The number of halogens is 1. The summed E-state index contributed by atoms with van der Waals surface area (Å²) >= 11 is 0. The van der Waals surface area contributed by atoms with E-state index in [2.05, 4.69) is 5.92 Å². The molecule has 2 heteroatoms. The van der Waals surface area contributed by atoms with Crippen molar-refractivity contribution in [2.45, 2.75) is 26.2 Å². The molecule has 1 rings (SSSR count). The summed E-state index contributed by atoms with van der Waals surface area (Å²) in [4.78, 5) is 11.7. The van der Waals surface area contributed by atoms with E-state index in [-0.39, 0.29) is 11.6 Å². The molecule has 0 heterocycles. The first-order valence-corrected chi connectivity index (χ1v) is 4.88. The van der Waals surface area contributed by atoms with Gasteiger partial charge in [-0.15, -0.1) is 12.3 Å². The van der Waals surface area contributed by atoms with Gasteiger partial charge in [0, 0.05) is 18.4 Å². The van der Waals surface area contributed by atoms with E-state index in [9.17, 15) is 9.18 Å². The molecule has 78 valence electrons. The largest absolute Gasteiger partial charge is 0.294 e. The van der Waals surface area contributed by atoms with E-state index >= 15 is 0 Å². The van der Waals surface area contributed by atoms with Gasteiger partial charge in [-0.05, 0) is 37.1 Å². The van der Waals surface area contributed by atoms with Crippen LogP contribution in [0.15, 0.2) is 18.2 Å². The van der Waals surface area contributed by atoms with Gasteiger partial charge < -0.3 is 0 Å². The molecular weight excluding hydrogens is 191 g/mol. The summed E-state index contributed by atoms with van der Waals surface area (Å²) in [6, 6.07) is 4.21. The van der Waals surface area contributed by atoms with Gasteiger partial charge in [-0.25, -0.2) is 4.39 Å². The van der Waals surface area contributed by atoms with Crippen molar-refractivity contribution in [3.05, 3.63) is 35.1 Å². The number of carbonyl (C=O) groups is 1. The van der Waals surface area contributed by atoms with Crippen molar-refractivity contribution < 1.29 is 9.18 Å². The molecule has 0 amide bonds. The van der Waals surface area contributed by atoms with Gasteiger partial charge >= 0.3 is 0 Å². The molecule has 0 aromatic heterocycles. The van der Waals surface area contributed by atoms with Crippen LogP contribution in [0.4, 0.5) is 4.39 Å². The van der Waals surface area contributed by atoms with Crippen LogP contribution in [0.3, 0.4) is 0 Å². The molecule has 0 radical (unpaired) electrons. The predicted molar refractivity (Wildman–Crippen MR) is 58.2 cm³/mol. The van der Waals surface area contributed by atoms with Crippen LogP contribution < -0.4 is 0 Å². The summed E-state index contributed by atoms with van der Waals surface area (Å²) in [6.07, 6.45) is 6.81. The summed E-state index contributed by atoms with van der Waals surface area (Å²) in [5.74, 6) is 2.20. The van der Waals surface area contributed by atoms with Crippen molar-refractivity contribution in [2.75, 3.05) is 0 Å². The Morgan fingerprint density at radius 3 is 2.87 bits per heavy atom. The third-order valence-corrected chi connectivity index (χ3v) is 2.21. The Labute approximate surface area is 89.3 Å². The van der Waals surface area contributed by atoms with Crippen LogP contribution in [-0.2, 0) is 0 Å². The summed E-state index contributed by atoms with van der Waals surface area (Å²) in [5.41, 5.74) is 1.27. The van der Waals surface area contributed by atoms with Crippen molar-refractivity contribution in [1.29, 1.82) is 0 Å². The zero-order valence-electron chi connectivity index (χ0n) is 8.72. The zero-order valence-corrected chi connectivity index (χ0v) is 8.72. The number of Topliss-reactive ketones (excluding diaryl/α,β-unsaturated/α-hetero) is 1. The van der Waals surface area contributed by atoms with Gasteiger partial charge in [0.15, 0.2) is 5.78 Å². The number of aryl methyl sites for hydroxylation is 1. The van der Waals surface area contributed by atoms with Crippen molar-refractivity contribution >= 4 is 5.78 Å². The van der Waals surface area contributed by atoms with Crippen LogP contribution in [0.5, 0.6) is 0 Å². The van der Waals surface area contributed by atoms with Gasteiger partial charge in [-0.3, -0.25) is 4.79 Å². The number of rotatable bonds is 4. The molecule has 0 N–H and O–H groups in total. The van der Waals surface area contributed by atoms with E-state index < -0.39 is 0 Å². The number of hydrogen-bond donors (Lipinski definition) is 0. The van der Waals surface area contributed by atoms with Gasteiger partial charge in [0.2, 0.25) is 0 Å². The van der Waals surface area contributed by atoms with E-state index in [1.54, 1.807) is 6.92 Å². The lowest BCUT2D eigenvalue weighted by Gasteiger charge is -2.03. The molecule has 1 aromatic rings. The lowest BCUT2D eigenvalue weighted by molar-refractivity contribution is 0.0980. The Hall–Kier alpha value is -1.62. The fraction of sp³-hybridized carbons (Fsp3) is 0.308. The SMILES string of the molecule is C#CCCCC(=O)c1ccc(F)cc1C. The highest BCUT2D eigenvalue weighted by molar-refractivity contribution is 5.97. The van der Waals surface area contributed by atoms with E-state index in [1.165, 1.54) is 18.2 Å². The standard InChI is InChI=1S/C13H13FO/c1-3-4-5-6-13(15)12-8-7-11(14)9-10(12)2/h1,7-9H,4-6H2,2H3. The summed E-state index contributed by atoms with van der Waals surface area (Å²) < 4.78 is 12.8. The maximum Gasteiger partial charge on any atom is 0.163 e. The second kappa shape index (κ2) is 5.31. The first kappa shape index (κ1) is 11.5. The van der Waals surface area contributed by atoms with Gasteiger partial charge in [-0.2, -0.15) is 0 Å². The summed E-state index contributed by atoms with van der Waals surface area (Å²) in [5, 5.41) is 0. The molecule has 15 heavy (non-hydrogen) atoms. The Balaban J connectivity index is 2.70. The quantitative estimate of drug-likeness (QED) is 0.418. The van der Waals surface area contributed by atoms with Crippen molar-refractivity contribution in [2.24, 2.45) is 0 Å². The van der Waals surface area contributed by atoms with Crippen LogP contribution in [0.25, 0.3) is 0 Å². The third-order valence-electron chi connectivity index (χ3n) is 2.21. The van der Waals surface area contributed by atoms with Crippen LogP contribution in [0.2, 0.25) is 0 Å². The third kappa shape index (κ3) is 3.21. The molecule has 1 aromatic carbocycles. The summed E-state index contributed by atoms with van der Waals surface area (Å²) in [6.45, 7) is 1.73. The number of carbonyl (C=O) groups excluding carboxylic acids is 1. The molecule has 0 bridgehead atoms. The molecule has 0 unspecified atom stereocenters. The van der Waals surface area contributed by atoms with E-state index in [1.807, 2.05) is 0 Å². The minimum absolute atomic E-state index is 0.0303. The molecule has 0 spiro atoms. The van der Waals surface area contributed by atoms with E-state index in [0.717, 1.165) is 0 Å². The fourth-order valence-electron chi connectivity index (χ4n) is 1.43.